The number of hydrogen-bond donors (Lipinski definition) is 1. The molecule has 0 saturated heterocycles. The molecular formula is C12H19F3N4. The summed E-state index contributed by atoms with van der Waals surface area (Å²) in [6.07, 6.45) is -2.91. The van der Waals surface area contributed by atoms with E-state index in [0.29, 0.717) is 18.4 Å². The molecule has 0 aromatic carbocycles. The van der Waals surface area contributed by atoms with E-state index in [2.05, 4.69) is 10.2 Å². The van der Waals surface area contributed by atoms with Crippen molar-refractivity contribution >= 4 is 5.82 Å². The minimum absolute atomic E-state index is 0.156. The van der Waals surface area contributed by atoms with Crippen LogP contribution in [0.2, 0.25) is 0 Å². The lowest BCUT2D eigenvalue weighted by molar-refractivity contribution is -0.119. The van der Waals surface area contributed by atoms with E-state index in [0.717, 1.165) is 16.2 Å². The van der Waals surface area contributed by atoms with Gasteiger partial charge in [0.2, 0.25) is 0 Å². The normalized spacial score (nSPS) is 11.7. The molecule has 0 aliphatic carbocycles. The highest BCUT2D eigenvalue weighted by Gasteiger charge is 2.31. The lowest BCUT2D eigenvalue weighted by atomic mass is 10.0. The molecule has 7 heteroatoms. The van der Waals surface area contributed by atoms with Crippen LogP contribution < -0.4 is 10.6 Å². The minimum Gasteiger partial charge on any atom is -0.349 e. The number of nitrogens with zero attached hydrogens (tertiary/aromatic N) is 3. The Hall–Kier alpha value is -1.37. The van der Waals surface area contributed by atoms with E-state index in [9.17, 15) is 13.2 Å². The predicted octanol–water partition coefficient (Wildman–Crippen LogP) is 2.06. The smallest absolute Gasteiger partial charge is 0.349 e. The fraction of sp³-hybridized carbons (Fsp3) is 0.667. The molecule has 1 rings (SSSR count). The van der Waals surface area contributed by atoms with Crippen molar-refractivity contribution in [2.24, 2.45) is 5.73 Å². The first-order chi connectivity index (χ1) is 8.84. The highest BCUT2D eigenvalue weighted by Crippen LogP contribution is 2.25. The second kappa shape index (κ2) is 6.18. The Balaban J connectivity index is 3.21. The summed E-state index contributed by atoms with van der Waals surface area (Å²) in [4.78, 5) is 1.05. The van der Waals surface area contributed by atoms with Gasteiger partial charge >= 0.3 is 6.18 Å². The van der Waals surface area contributed by atoms with Crippen LogP contribution in [0.4, 0.5) is 19.0 Å². The summed E-state index contributed by atoms with van der Waals surface area (Å²) in [7, 11) is 1.35. The Labute approximate surface area is 110 Å². The average molecular weight is 276 g/mol. The zero-order chi connectivity index (χ0) is 14.6. The molecule has 1 aromatic rings. The Morgan fingerprint density at radius 2 is 1.74 bits per heavy atom. The summed E-state index contributed by atoms with van der Waals surface area (Å²) >= 11 is 0. The molecule has 19 heavy (non-hydrogen) atoms. The third kappa shape index (κ3) is 3.79. The first kappa shape index (κ1) is 15.7. The Kier molecular flexibility index (Phi) is 5.11. The van der Waals surface area contributed by atoms with Crippen LogP contribution in [0.25, 0.3) is 0 Å². The molecular weight excluding hydrogens is 257 g/mol. The largest absolute Gasteiger partial charge is 0.405 e. The standard InChI is InChI=1S/C12H19F3N4/c1-4-8-9(6-16)11(18-17-10(8)5-2)19(3)7-12(13,14)15/h4-7,16H2,1-3H3. The first-order valence-electron chi connectivity index (χ1n) is 6.19. The number of anilines is 1. The van der Waals surface area contributed by atoms with Crippen LogP contribution in [-0.2, 0) is 19.4 Å². The molecule has 0 amide bonds. The van der Waals surface area contributed by atoms with Crippen LogP contribution in [0.15, 0.2) is 0 Å². The van der Waals surface area contributed by atoms with Crippen LogP contribution >= 0.6 is 0 Å². The molecule has 0 bridgehead atoms. The van der Waals surface area contributed by atoms with Crippen molar-refractivity contribution in [1.82, 2.24) is 10.2 Å². The van der Waals surface area contributed by atoms with Crippen LogP contribution in [0.1, 0.15) is 30.7 Å². The highest BCUT2D eigenvalue weighted by atomic mass is 19.4. The molecule has 0 aliphatic heterocycles. The number of rotatable bonds is 5. The summed E-state index contributed by atoms with van der Waals surface area (Å²) in [5.74, 6) is 0.217. The summed E-state index contributed by atoms with van der Waals surface area (Å²) in [5, 5.41) is 7.92. The molecule has 108 valence electrons. The third-order valence-corrected chi connectivity index (χ3v) is 2.92. The Morgan fingerprint density at radius 1 is 1.11 bits per heavy atom. The summed E-state index contributed by atoms with van der Waals surface area (Å²) in [6.45, 7) is 2.96. The van der Waals surface area contributed by atoms with E-state index in [1.54, 1.807) is 0 Å². The van der Waals surface area contributed by atoms with Gasteiger partial charge in [0.05, 0.1) is 5.69 Å². The number of halogens is 3. The van der Waals surface area contributed by atoms with E-state index >= 15 is 0 Å². The van der Waals surface area contributed by atoms with Crippen molar-refractivity contribution < 1.29 is 13.2 Å². The van der Waals surface area contributed by atoms with Crippen molar-refractivity contribution in [3.05, 3.63) is 16.8 Å². The van der Waals surface area contributed by atoms with Gasteiger partial charge < -0.3 is 10.6 Å². The first-order valence-corrected chi connectivity index (χ1v) is 6.19. The lowest BCUT2D eigenvalue weighted by Gasteiger charge is -2.23. The van der Waals surface area contributed by atoms with E-state index in [1.165, 1.54) is 7.05 Å². The monoisotopic (exact) mass is 276 g/mol. The van der Waals surface area contributed by atoms with Gasteiger partial charge in [0.15, 0.2) is 5.82 Å². The highest BCUT2D eigenvalue weighted by molar-refractivity contribution is 5.51. The zero-order valence-corrected chi connectivity index (χ0v) is 11.4. The molecule has 2 N–H and O–H groups in total. The van der Waals surface area contributed by atoms with Gasteiger partial charge in [-0.3, -0.25) is 0 Å². The molecule has 0 fully saturated rings. The van der Waals surface area contributed by atoms with Crippen LogP contribution in [-0.4, -0.2) is 30.0 Å². The molecule has 0 saturated carbocycles. The van der Waals surface area contributed by atoms with Crippen LogP contribution in [0.3, 0.4) is 0 Å². The number of aromatic nitrogens is 2. The van der Waals surface area contributed by atoms with Gasteiger partial charge in [0.25, 0.3) is 0 Å². The fourth-order valence-electron chi connectivity index (χ4n) is 2.10. The van der Waals surface area contributed by atoms with E-state index in [1.807, 2.05) is 13.8 Å². The van der Waals surface area contributed by atoms with Gasteiger partial charge in [0, 0.05) is 19.2 Å². The molecule has 0 unspecified atom stereocenters. The van der Waals surface area contributed by atoms with Crippen molar-refractivity contribution in [3.63, 3.8) is 0 Å². The van der Waals surface area contributed by atoms with Crippen molar-refractivity contribution in [3.8, 4) is 0 Å². The van der Waals surface area contributed by atoms with Crippen molar-refractivity contribution in [2.75, 3.05) is 18.5 Å². The molecule has 0 radical (unpaired) electrons. The zero-order valence-electron chi connectivity index (χ0n) is 11.4. The van der Waals surface area contributed by atoms with Gasteiger partial charge in [-0.15, -0.1) is 5.10 Å². The maximum atomic E-state index is 12.4. The minimum atomic E-state index is -4.28. The number of hydrogen-bond acceptors (Lipinski definition) is 4. The summed E-state index contributed by atoms with van der Waals surface area (Å²) in [5.41, 5.74) is 8.04. The van der Waals surface area contributed by atoms with Crippen molar-refractivity contribution in [1.29, 1.82) is 0 Å². The molecule has 1 heterocycles. The van der Waals surface area contributed by atoms with E-state index in [-0.39, 0.29) is 12.4 Å². The number of nitrogens with two attached hydrogens (primary N) is 1. The van der Waals surface area contributed by atoms with Gasteiger partial charge in [-0.1, -0.05) is 13.8 Å². The Morgan fingerprint density at radius 3 is 2.16 bits per heavy atom. The quantitative estimate of drug-likeness (QED) is 0.894. The van der Waals surface area contributed by atoms with Crippen LogP contribution in [0.5, 0.6) is 0 Å². The SMILES string of the molecule is CCc1nnc(N(C)CC(F)(F)F)c(CN)c1CC. The Bertz CT molecular complexity index is 432. The maximum Gasteiger partial charge on any atom is 0.405 e. The van der Waals surface area contributed by atoms with E-state index in [4.69, 9.17) is 5.73 Å². The average Bonchev–Trinajstić information content (AvgIpc) is 2.34. The van der Waals surface area contributed by atoms with Gasteiger partial charge in [-0.2, -0.15) is 18.3 Å². The number of aryl methyl sites for hydroxylation is 1. The molecule has 0 aliphatic rings. The topological polar surface area (TPSA) is 55.0 Å². The van der Waals surface area contributed by atoms with E-state index < -0.39 is 12.7 Å². The van der Waals surface area contributed by atoms with Gasteiger partial charge in [-0.05, 0) is 18.4 Å². The second-order valence-corrected chi connectivity index (χ2v) is 4.31. The molecule has 0 spiro atoms. The third-order valence-electron chi connectivity index (χ3n) is 2.92. The summed E-state index contributed by atoms with van der Waals surface area (Å²) < 4.78 is 37.3. The van der Waals surface area contributed by atoms with Crippen molar-refractivity contribution in [2.45, 2.75) is 39.4 Å². The molecule has 0 atom stereocenters. The van der Waals surface area contributed by atoms with Crippen LogP contribution in [0, 0.1) is 0 Å². The fourth-order valence-corrected chi connectivity index (χ4v) is 2.10. The summed E-state index contributed by atoms with van der Waals surface area (Å²) in [6, 6.07) is 0. The lowest BCUT2D eigenvalue weighted by Crippen LogP contribution is -2.33. The predicted molar refractivity (Wildman–Crippen MR) is 68.0 cm³/mol. The number of alkyl halides is 3. The van der Waals surface area contributed by atoms with Gasteiger partial charge in [-0.25, -0.2) is 0 Å². The molecule has 1 aromatic heterocycles. The molecule has 4 nitrogen and oxygen atoms in total. The second-order valence-electron chi connectivity index (χ2n) is 4.31. The van der Waals surface area contributed by atoms with Gasteiger partial charge in [0.1, 0.15) is 6.54 Å². The maximum absolute atomic E-state index is 12.4.